The van der Waals surface area contributed by atoms with Gasteiger partial charge in [0.15, 0.2) is 12.4 Å². The minimum Gasteiger partial charge on any atom is -0.454 e. The monoisotopic (exact) mass is 549 g/mol. The highest BCUT2D eigenvalue weighted by molar-refractivity contribution is 6.22. The molecule has 3 amide bonds. The maximum absolute atomic E-state index is 12.8. The van der Waals surface area contributed by atoms with Crippen molar-refractivity contribution in [3.8, 4) is 11.1 Å². The van der Waals surface area contributed by atoms with Gasteiger partial charge in [0.2, 0.25) is 5.91 Å². The minimum atomic E-state index is -0.986. The number of amides is 3. The number of ketones is 1. The summed E-state index contributed by atoms with van der Waals surface area (Å²) in [5.74, 6) is -2.75. The molecule has 1 aliphatic heterocycles. The van der Waals surface area contributed by atoms with Crippen LogP contribution in [0.5, 0.6) is 0 Å². The van der Waals surface area contributed by atoms with Crippen LogP contribution in [0.25, 0.3) is 11.1 Å². The maximum Gasteiger partial charge on any atom is 0.338 e. The Morgan fingerprint density at radius 1 is 0.854 bits per heavy atom. The van der Waals surface area contributed by atoms with Gasteiger partial charge in [0.05, 0.1) is 23.9 Å². The van der Waals surface area contributed by atoms with E-state index in [2.05, 4.69) is 20.8 Å². The Hall–Kier alpha value is -5.55. The third-order valence-corrected chi connectivity index (χ3v) is 6.31. The van der Waals surface area contributed by atoms with Crippen molar-refractivity contribution < 1.29 is 28.7 Å². The fourth-order valence-corrected chi connectivity index (χ4v) is 4.17. The number of carbonyl (C=O) groups excluding carboxylic acids is 5. The number of hydrazine groups is 1. The van der Waals surface area contributed by atoms with Gasteiger partial charge in [-0.05, 0) is 35.4 Å². The molecule has 11 heteroatoms. The molecule has 1 unspecified atom stereocenters. The summed E-state index contributed by atoms with van der Waals surface area (Å²) in [5, 5.41) is 0. The van der Waals surface area contributed by atoms with Gasteiger partial charge in [-0.1, -0.05) is 54.6 Å². The molecule has 1 atom stereocenters. The van der Waals surface area contributed by atoms with Crippen LogP contribution in [0.3, 0.4) is 0 Å². The number of hydrogen-bond acceptors (Lipinski definition) is 9. The largest absolute Gasteiger partial charge is 0.454 e. The Morgan fingerprint density at radius 2 is 1.54 bits per heavy atom. The normalized spacial score (nSPS) is 14.5. The number of benzene rings is 3. The van der Waals surface area contributed by atoms with Crippen molar-refractivity contribution in [3.63, 3.8) is 0 Å². The van der Waals surface area contributed by atoms with E-state index in [1.165, 1.54) is 42.9 Å². The summed E-state index contributed by atoms with van der Waals surface area (Å²) < 4.78 is 5.18. The van der Waals surface area contributed by atoms with Crippen LogP contribution in [0.15, 0.2) is 97.5 Å². The smallest absolute Gasteiger partial charge is 0.338 e. The summed E-state index contributed by atoms with van der Waals surface area (Å²) in [4.78, 5) is 71.2. The number of nitrogens with one attached hydrogen (secondary N) is 2. The average Bonchev–Trinajstić information content (AvgIpc) is 3.31. The van der Waals surface area contributed by atoms with E-state index >= 15 is 0 Å². The number of carbonyl (C=O) groups is 5. The van der Waals surface area contributed by atoms with Crippen molar-refractivity contribution in [3.05, 3.63) is 114 Å². The molecule has 0 aliphatic carbocycles. The quantitative estimate of drug-likeness (QED) is 0.139. The van der Waals surface area contributed by atoms with Crippen molar-refractivity contribution >= 4 is 35.2 Å². The second-order valence-electron chi connectivity index (χ2n) is 9.00. The van der Waals surface area contributed by atoms with E-state index in [-0.39, 0.29) is 29.1 Å². The highest BCUT2D eigenvalue weighted by Gasteiger charge is 2.39. The molecule has 1 aromatic heterocycles. The van der Waals surface area contributed by atoms with Gasteiger partial charge in [-0.25, -0.2) is 20.1 Å². The van der Waals surface area contributed by atoms with Gasteiger partial charge in [0, 0.05) is 18.0 Å². The summed E-state index contributed by atoms with van der Waals surface area (Å²) in [5.41, 5.74) is 7.74. The molecule has 0 bridgehead atoms. The SMILES string of the molecule is O=C(COC(=O)c1ccc(N2C(=O)CC(NNC(=O)c3cnccn3)C2=O)cc1)c1ccc(-c2ccccc2)cc1. The van der Waals surface area contributed by atoms with Gasteiger partial charge < -0.3 is 4.74 Å². The number of imide groups is 1. The van der Waals surface area contributed by atoms with Gasteiger partial charge in [0.25, 0.3) is 11.8 Å². The van der Waals surface area contributed by atoms with Crippen LogP contribution in [-0.2, 0) is 14.3 Å². The molecule has 0 spiro atoms. The summed E-state index contributed by atoms with van der Waals surface area (Å²) in [6, 6.07) is 21.4. The van der Waals surface area contributed by atoms with Crippen molar-refractivity contribution in [2.75, 3.05) is 11.5 Å². The van der Waals surface area contributed by atoms with E-state index < -0.39 is 36.3 Å². The number of rotatable bonds is 9. The predicted octanol–water partition coefficient (Wildman–Crippen LogP) is 2.75. The number of anilines is 1. The first-order valence-corrected chi connectivity index (χ1v) is 12.6. The molecule has 2 N–H and O–H groups in total. The molecule has 41 heavy (non-hydrogen) atoms. The van der Waals surface area contributed by atoms with Crippen molar-refractivity contribution in [1.29, 1.82) is 0 Å². The van der Waals surface area contributed by atoms with Crippen LogP contribution >= 0.6 is 0 Å². The summed E-state index contributed by atoms with van der Waals surface area (Å²) >= 11 is 0. The molecule has 0 saturated carbocycles. The highest BCUT2D eigenvalue weighted by Crippen LogP contribution is 2.24. The Balaban J connectivity index is 1.14. The number of hydrogen-bond donors (Lipinski definition) is 2. The van der Waals surface area contributed by atoms with Crippen LogP contribution in [0, 0.1) is 0 Å². The average molecular weight is 550 g/mol. The first-order chi connectivity index (χ1) is 19.9. The number of nitrogens with zero attached hydrogens (tertiary/aromatic N) is 3. The molecule has 4 aromatic rings. The summed E-state index contributed by atoms with van der Waals surface area (Å²) in [6.45, 7) is -0.442. The number of esters is 1. The van der Waals surface area contributed by atoms with Crippen LogP contribution in [0.1, 0.15) is 37.6 Å². The van der Waals surface area contributed by atoms with Gasteiger partial charge in [0.1, 0.15) is 11.7 Å². The van der Waals surface area contributed by atoms with Gasteiger partial charge >= 0.3 is 5.97 Å². The first-order valence-electron chi connectivity index (χ1n) is 12.6. The van der Waals surface area contributed by atoms with Gasteiger partial charge in [-0.3, -0.25) is 29.6 Å². The van der Waals surface area contributed by atoms with E-state index in [1.54, 1.807) is 12.1 Å². The van der Waals surface area contributed by atoms with E-state index in [4.69, 9.17) is 4.74 Å². The van der Waals surface area contributed by atoms with Crippen molar-refractivity contribution in [1.82, 2.24) is 20.8 Å². The number of aromatic nitrogens is 2. The summed E-state index contributed by atoms with van der Waals surface area (Å²) in [7, 11) is 0. The van der Waals surface area contributed by atoms with Crippen LogP contribution < -0.4 is 15.8 Å². The topological polar surface area (TPSA) is 148 Å². The lowest BCUT2D eigenvalue weighted by molar-refractivity contribution is -0.121. The Labute approximate surface area is 234 Å². The third kappa shape index (κ3) is 6.21. The number of Topliss-reactive ketones (excluding diaryl/α,β-unsaturated/α-hetero) is 1. The lowest BCUT2D eigenvalue weighted by Gasteiger charge is -2.16. The zero-order valence-corrected chi connectivity index (χ0v) is 21.5. The fraction of sp³-hybridized carbons (Fsp3) is 0.100. The zero-order valence-electron chi connectivity index (χ0n) is 21.5. The maximum atomic E-state index is 12.8. The fourth-order valence-electron chi connectivity index (χ4n) is 4.17. The molecule has 0 radical (unpaired) electrons. The van der Waals surface area contributed by atoms with Gasteiger partial charge in [-0.2, -0.15) is 0 Å². The molecular formula is C30H23N5O6. The molecule has 1 aliphatic rings. The lowest BCUT2D eigenvalue weighted by Crippen LogP contribution is -2.48. The predicted molar refractivity (Wildman–Crippen MR) is 146 cm³/mol. The first kappa shape index (κ1) is 27.0. The minimum absolute atomic E-state index is 0.0405. The highest BCUT2D eigenvalue weighted by atomic mass is 16.5. The zero-order chi connectivity index (χ0) is 28.8. The molecular weight excluding hydrogens is 526 g/mol. The Bertz CT molecular complexity index is 1590. The standard InChI is InChI=1S/C30H23N5O6/c36-26(21-8-6-20(7-9-21)19-4-2-1-3-5-19)18-41-30(40)22-10-12-23(13-11-22)35-27(37)16-24(29(35)39)33-34-28(38)25-17-31-14-15-32-25/h1-15,17,24,33H,16,18H2,(H,34,38). The number of ether oxygens (including phenoxy) is 1. The second kappa shape index (κ2) is 12.1. The molecule has 204 valence electrons. The Kier molecular flexibility index (Phi) is 7.98. The molecule has 2 heterocycles. The molecule has 3 aromatic carbocycles. The molecule has 5 rings (SSSR count). The Morgan fingerprint density at radius 3 is 2.22 bits per heavy atom. The van der Waals surface area contributed by atoms with E-state index in [0.717, 1.165) is 16.0 Å². The molecule has 1 saturated heterocycles. The third-order valence-electron chi connectivity index (χ3n) is 6.31. The molecule has 11 nitrogen and oxygen atoms in total. The lowest BCUT2D eigenvalue weighted by atomic mass is 10.0. The van der Waals surface area contributed by atoms with Crippen LogP contribution in [0.2, 0.25) is 0 Å². The van der Waals surface area contributed by atoms with Crippen molar-refractivity contribution in [2.24, 2.45) is 0 Å². The van der Waals surface area contributed by atoms with E-state index in [9.17, 15) is 24.0 Å². The van der Waals surface area contributed by atoms with Gasteiger partial charge in [-0.15, -0.1) is 0 Å². The molecule has 1 fully saturated rings. The van der Waals surface area contributed by atoms with Crippen LogP contribution in [-0.4, -0.2) is 52.1 Å². The second-order valence-corrected chi connectivity index (χ2v) is 9.00. The van der Waals surface area contributed by atoms with Crippen LogP contribution in [0.4, 0.5) is 5.69 Å². The van der Waals surface area contributed by atoms with Crippen molar-refractivity contribution in [2.45, 2.75) is 12.5 Å². The van der Waals surface area contributed by atoms with E-state index in [0.29, 0.717) is 5.56 Å². The van der Waals surface area contributed by atoms with E-state index in [1.807, 2.05) is 42.5 Å². The summed E-state index contributed by atoms with van der Waals surface area (Å²) in [6.07, 6.45) is 3.84.